The fourth-order valence-electron chi connectivity index (χ4n) is 2.02. The van der Waals surface area contributed by atoms with E-state index in [1.165, 1.54) is 17.6 Å². The Labute approximate surface area is 122 Å². The van der Waals surface area contributed by atoms with Gasteiger partial charge in [0.05, 0.1) is 20.6 Å². The average Bonchev–Trinajstić information content (AvgIpc) is 2.30. The van der Waals surface area contributed by atoms with Gasteiger partial charge in [-0.3, -0.25) is 0 Å². The molecule has 2 heteroatoms. The Morgan fingerprint density at radius 1 is 1.22 bits per heavy atom. The van der Waals surface area contributed by atoms with Crippen LogP contribution < -0.4 is 17.0 Å². The SMILES string of the molecule is C=CCCC[N+](C)(C)CC(=C)c1ccccc1.[Br-]. The van der Waals surface area contributed by atoms with Gasteiger partial charge in [-0.15, -0.1) is 6.58 Å². The van der Waals surface area contributed by atoms with Crippen molar-refractivity contribution in [3.05, 3.63) is 55.1 Å². The van der Waals surface area contributed by atoms with Crippen molar-refractivity contribution >= 4 is 5.57 Å². The second-order valence-corrected chi connectivity index (χ2v) is 5.22. The van der Waals surface area contributed by atoms with Crippen molar-refractivity contribution in [2.45, 2.75) is 12.8 Å². The normalized spacial score (nSPS) is 10.6. The molecular formula is C16H24BrN. The fraction of sp³-hybridized carbons (Fsp3) is 0.375. The van der Waals surface area contributed by atoms with E-state index in [2.05, 4.69) is 51.5 Å². The summed E-state index contributed by atoms with van der Waals surface area (Å²) < 4.78 is 0.988. The van der Waals surface area contributed by atoms with Crippen LogP contribution >= 0.6 is 0 Å². The molecule has 0 bridgehead atoms. The quantitative estimate of drug-likeness (QED) is 0.396. The van der Waals surface area contributed by atoms with Crippen molar-refractivity contribution in [3.63, 3.8) is 0 Å². The molecule has 1 aromatic rings. The number of benzene rings is 1. The van der Waals surface area contributed by atoms with Crippen LogP contribution in [0.4, 0.5) is 0 Å². The van der Waals surface area contributed by atoms with E-state index >= 15 is 0 Å². The monoisotopic (exact) mass is 309 g/mol. The fourth-order valence-corrected chi connectivity index (χ4v) is 2.02. The van der Waals surface area contributed by atoms with Crippen LogP contribution in [0.25, 0.3) is 5.57 Å². The molecule has 0 saturated carbocycles. The number of hydrogen-bond donors (Lipinski definition) is 0. The maximum Gasteiger partial charge on any atom is 0.104 e. The molecule has 100 valence electrons. The van der Waals surface area contributed by atoms with Crippen LogP contribution in [0.2, 0.25) is 0 Å². The molecule has 0 spiro atoms. The lowest BCUT2D eigenvalue weighted by Gasteiger charge is -2.30. The van der Waals surface area contributed by atoms with Crippen molar-refractivity contribution in [2.75, 3.05) is 27.2 Å². The molecule has 0 atom stereocenters. The highest BCUT2D eigenvalue weighted by molar-refractivity contribution is 5.63. The van der Waals surface area contributed by atoms with Gasteiger partial charge in [-0.25, -0.2) is 0 Å². The summed E-state index contributed by atoms with van der Waals surface area (Å²) >= 11 is 0. The highest BCUT2D eigenvalue weighted by atomic mass is 79.9. The average molecular weight is 310 g/mol. The summed E-state index contributed by atoms with van der Waals surface area (Å²) in [6.45, 7) is 10.1. The minimum Gasteiger partial charge on any atom is -1.00 e. The van der Waals surface area contributed by atoms with Crippen LogP contribution in [-0.4, -0.2) is 31.7 Å². The van der Waals surface area contributed by atoms with Crippen LogP contribution in [0.5, 0.6) is 0 Å². The Morgan fingerprint density at radius 2 is 1.83 bits per heavy atom. The summed E-state index contributed by atoms with van der Waals surface area (Å²) in [5, 5.41) is 0. The molecule has 1 rings (SSSR count). The predicted molar refractivity (Wildman–Crippen MR) is 76.7 cm³/mol. The van der Waals surface area contributed by atoms with Gasteiger partial charge in [-0.1, -0.05) is 43.0 Å². The van der Waals surface area contributed by atoms with Gasteiger partial charge in [0.15, 0.2) is 0 Å². The molecule has 0 aliphatic carbocycles. The highest BCUT2D eigenvalue weighted by Crippen LogP contribution is 2.16. The van der Waals surface area contributed by atoms with Gasteiger partial charge in [-0.2, -0.15) is 0 Å². The van der Waals surface area contributed by atoms with E-state index in [1.807, 2.05) is 12.1 Å². The van der Waals surface area contributed by atoms with E-state index in [0.29, 0.717) is 0 Å². The van der Waals surface area contributed by atoms with Gasteiger partial charge in [-0.05, 0) is 18.4 Å². The molecule has 0 N–H and O–H groups in total. The molecule has 0 radical (unpaired) electrons. The Kier molecular flexibility index (Phi) is 7.88. The van der Waals surface area contributed by atoms with Crippen molar-refractivity contribution in [1.82, 2.24) is 0 Å². The summed E-state index contributed by atoms with van der Waals surface area (Å²) in [7, 11) is 4.52. The van der Waals surface area contributed by atoms with E-state index in [0.717, 1.165) is 24.0 Å². The molecule has 0 amide bonds. The number of nitrogens with zero attached hydrogens (tertiary/aromatic N) is 1. The summed E-state index contributed by atoms with van der Waals surface area (Å²) in [6, 6.07) is 10.4. The largest absolute Gasteiger partial charge is 1.00 e. The van der Waals surface area contributed by atoms with Gasteiger partial charge in [0.25, 0.3) is 0 Å². The molecule has 0 aliphatic rings. The van der Waals surface area contributed by atoms with Crippen LogP contribution in [0.1, 0.15) is 18.4 Å². The van der Waals surface area contributed by atoms with Crippen molar-refractivity contribution in [1.29, 1.82) is 0 Å². The van der Waals surface area contributed by atoms with Crippen molar-refractivity contribution < 1.29 is 21.5 Å². The number of allylic oxidation sites excluding steroid dienone is 1. The van der Waals surface area contributed by atoms with E-state index in [-0.39, 0.29) is 17.0 Å². The third kappa shape index (κ3) is 6.18. The van der Waals surface area contributed by atoms with Gasteiger partial charge in [0.2, 0.25) is 0 Å². The lowest BCUT2D eigenvalue weighted by atomic mass is 10.1. The lowest BCUT2D eigenvalue weighted by Crippen LogP contribution is -3.00. The summed E-state index contributed by atoms with van der Waals surface area (Å²) in [5.74, 6) is 0. The van der Waals surface area contributed by atoms with E-state index < -0.39 is 0 Å². The first-order chi connectivity index (χ1) is 8.05. The second-order valence-electron chi connectivity index (χ2n) is 5.22. The summed E-state index contributed by atoms with van der Waals surface area (Å²) in [5.41, 5.74) is 2.47. The third-order valence-corrected chi connectivity index (χ3v) is 2.97. The molecule has 0 heterocycles. The molecule has 0 aromatic heterocycles. The highest BCUT2D eigenvalue weighted by Gasteiger charge is 2.16. The predicted octanol–water partition coefficient (Wildman–Crippen LogP) is 0.746. The summed E-state index contributed by atoms with van der Waals surface area (Å²) in [6.07, 6.45) is 4.28. The van der Waals surface area contributed by atoms with Gasteiger partial charge >= 0.3 is 0 Å². The molecule has 18 heavy (non-hydrogen) atoms. The third-order valence-electron chi connectivity index (χ3n) is 2.97. The molecule has 1 nitrogen and oxygen atoms in total. The second kappa shape index (κ2) is 8.28. The first-order valence-electron chi connectivity index (χ1n) is 6.21. The Bertz CT molecular complexity index is 368. The zero-order chi connectivity index (χ0) is 12.7. The van der Waals surface area contributed by atoms with E-state index in [1.54, 1.807) is 0 Å². The molecule has 1 aromatic carbocycles. The summed E-state index contributed by atoms with van der Waals surface area (Å²) in [4.78, 5) is 0. The van der Waals surface area contributed by atoms with Gasteiger partial charge in [0, 0.05) is 5.57 Å². The maximum atomic E-state index is 4.20. The van der Waals surface area contributed by atoms with Crippen molar-refractivity contribution in [2.24, 2.45) is 0 Å². The molecule has 0 fully saturated rings. The topological polar surface area (TPSA) is 0 Å². The van der Waals surface area contributed by atoms with Gasteiger partial charge in [0.1, 0.15) is 6.54 Å². The number of quaternary nitrogens is 1. The number of likely N-dealkylation sites (N-methyl/N-ethyl adjacent to an activating group) is 1. The van der Waals surface area contributed by atoms with E-state index in [9.17, 15) is 0 Å². The molecule has 0 aliphatic heterocycles. The first kappa shape index (κ1) is 17.1. The Hall–Kier alpha value is -0.860. The molecule has 0 saturated heterocycles. The smallest absolute Gasteiger partial charge is 0.104 e. The van der Waals surface area contributed by atoms with Crippen LogP contribution in [0.15, 0.2) is 49.6 Å². The van der Waals surface area contributed by atoms with E-state index in [4.69, 9.17) is 0 Å². The standard InChI is InChI=1S/C16H24N.BrH/c1-5-6-10-13-17(3,4)14-15(2)16-11-8-7-9-12-16;/h5,7-9,11-12H,1-2,6,10,13-14H2,3-4H3;1H/q+1;/p-1. The zero-order valence-corrected chi connectivity index (χ0v) is 13.1. The Morgan fingerprint density at radius 3 is 2.39 bits per heavy atom. The van der Waals surface area contributed by atoms with Crippen LogP contribution in [0, 0.1) is 0 Å². The Balaban J connectivity index is 0.00000289. The molecular weight excluding hydrogens is 286 g/mol. The number of halogens is 1. The van der Waals surface area contributed by atoms with Crippen LogP contribution in [0.3, 0.4) is 0 Å². The first-order valence-corrected chi connectivity index (χ1v) is 6.21. The van der Waals surface area contributed by atoms with Crippen molar-refractivity contribution in [3.8, 4) is 0 Å². The number of unbranched alkanes of at least 4 members (excludes halogenated alkanes) is 1. The zero-order valence-electron chi connectivity index (χ0n) is 11.5. The minimum absolute atomic E-state index is 0. The van der Waals surface area contributed by atoms with Gasteiger partial charge < -0.3 is 21.5 Å². The van der Waals surface area contributed by atoms with Crippen LogP contribution in [-0.2, 0) is 0 Å². The lowest BCUT2D eigenvalue weighted by molar-refractivity contribution is -0.883. The number of rotatable bonds is 7. The number of hydrogen-bond acceptors (Lipinski definition) is 0. The molecule has 0 unspecified atom stereocenters. The minimum atomic E-state index is 0. The maximum absolute atomic E-state index is 4.20.